The van der Waals surface area contributed by atoms with E-state index in [1.54, 1.807) is 12.1 Å². The van der Waals surface area contributed by atoms with Crippen LogP contribution in [0.15, 0.2) is 36.9 Å². The summed E-state index contributed by atoms with van der Waals surface area (Å²) in [6, 6.07) is 6.97. The Balaban J connectivity index is 3.34. The van der Waals surface area contributed by atoms with Crippen molar-refractivity contribution in [2.75, 3.05) is 13.1 Å². The van der Waals surface area contributed by atoms with Crippen LogP contribution in [0.25, 0.3) is 0 Å². The highest BCUT2D eigenvalue weighted by Gasteiger charge is 2.39. The zero-order valence-electron chi connectivity index (χ0n) is 13.6. The highest BCUT2D eigenvalue weighted by molar-refractivity contribution is 5.29. The maximum absolute atomic E-state index is 14.3. The number of halogens is 1. The van der Waals surface area contributed by atoms with Gasteiger partial charge in [-0.2, -0.15) is 0 Å². The molecule has 0 saturated carbocycles. The van der Waals surface area contributed by atoms with Gasteiger partial charge in [0.05, 0.1) is 5.54 Å². The molecular formula is C18H29FN2. The van der Waals surface area contributed by atoms with E-state index in [2.05, 4.69) is 32.3 Å². The number of nitrogens with two attached hydrogens (primary N) is 1. The lowest BCUT2D eigenvalue weighted by Gasteiger charge is -2.43. The highest BCUT2D eigenvalue weighted by Crippen LogP contribution is 2.34. The van der Waals surface area contributed by atoms with Crippen LogP contribution in [0.5, 0.6) is 0 Å². The third kappa shape index (κ3) is 3.92. The number of hydrogen-bond donors (Lipinski definition) is 1. The van der Waals surface area contributed by atoms with Crippen LogP contribution in [0.1, 0.15) is 45.6 Å². The summed E-state index contributed by atoms with van der Waals surface area (Å²) in [5.41, 5.74) is 6.61. The van der Waals surface area contributed by atoms with Crippen LogP contribution >= 0.6 is 0 Å². The van der Waals surface area contributed by atoms with Crippen molar-refractivity contribution in [3.63, 3.8) is 0 Å². The molecule has 21 heavy (non-hydrogen) atoms. The van der Waals surface area contributed by atoms with E-state index >= 15 is 0 Å². The topological polar surface area (TPSA) is 29.3 Å². The van der Waals surface area contributed by atoms with Gasteiger partial charge in [0.1, 0.15) is 5.82 Å². The Bertz CT molecular complexity index is 443. The molecule has 1 aromatic rings. The number of likely N-dealkylation sites (N-methyl/N-ethyl adjacent to an activating group) is 1. The Morgan fingerprint density at radius 1 is 1.29 bits per heavy atom. The second kappa shape index (κ2) is 8.30. The van der Waals surface area contributed by atoms with Crippen molar-refractivity contribution in [2.24, 2.45) is 5.73 Å². The molecule has 118 valence electrons. The number of nitrogens with zero attached hydrogens (tertiary/aromatic N) is 1. The molecule has 0 spiro atoms. The summed E-state index contributed by atoms with van der Waals surface area (Å²) in [7, 11) is 0. The molecule has 0 saturated heterocycles. The Hall–Kier alpha value is -1.19. The van der Waals surface area contributed by atoms with E-state index in [1.165, 1.54) is 6.07 Å². The van der Waals surface area contributed by atoms with Gasteiger partial charge in [0, 0.05) is 11.6 Å². The molecule has 0 fully saturated rings. The second-order valence-corrected chi connectivity index (χ2v) is 5.54. The molecular weight excluding hydrogens is 263 g/mol. The standard InChI is InChI=1S/C18H29FN2/c1-5-11-17(21(7-3)8-4)18(20,14-6-2)15-12-9-10-13-16(15)19/h6,9-10,12-13,17H,2,5,7-8,11,14,20H2,1,3-4H3. The normalized spacial score (nSPS) is 15.7. The van der Waals surface area contributed by atoms with Crippen molar-refractivity contribution < 1.29 is 4.39 Å². The molecule has 1 rings (SSSR count). The van der Waals surface area contributed by atoms with Gasteiger partial charge in [-0.25, -0.2) is 4.39 Å². The summed E-state index contributed by atoms with van der Waals surface area (Å²) >= 11 is 0. The van der Waals surface area contributed by atoms with Crippen LogP contribution in [-0.4, -0.2) is 24.0 Å². The first kappa shape index (κ1) is 17.9. The Morgan fingerprint density at radius 2 is 1.90 bits per heavy atom. The van der Waals surface area contributed by atoms with E-state index in [0.717, 1.165) is 25.9 Å². The van der Waals surface area contributed by atoms with Crippen LogP contribution in [0.4, 0.5) is 4.39 Å². The van der Waals surface area contributed by atoms with Gasteiger partial charge in [-0.15, -0.1) is 6.58 Å². The minimum atomic E-state index is -0.741. The Kier molecular flexibility index (Phi) is 7.06. The van der Waals surface area contributed by atoms with E-state index in [4.69, 9.17) is 5.73 Å². The minimum Gasteiger partial charge on any atom is -0.320 e. The molecule has 2 N–H and O–H groups in total. The van der Waals surface area contributed by atoms with Crippen LogP contribution in [0.3, 0.4) is 0 Å². The van der Waals surface area contributed by atoms with Crippen molar-refractivity contribution in [1.82, 2.24) is 4.90 Å². The van der Waals surface area contributed by atoms with Crippen LogP contribution in [-0.2, 0) is 5.54 Å². The monoisotopic (exact) mass is 292 g/mol. The average molecular weight is 292 g/mol. The van der Waals surface area contributed by atoms with Gasteiger partial charge in [-0.05, 0) is 32.0 Å². The van der Waals surface area contributed by atoms with Crippen molar-refractivity contribution in [1.29, 1.82) is 0 Å². The largest absolute Gasteiger partial charge is 0.320 e. The maximum Gasteiger partial charge on any atom is 0.128 e. The van der Waals surface area contributed by atoms with Gasteiger partial charge in [-0.1, -0.05) is 51.5 Å². The zero-order chi connectivity index (χ0) is 15.9. The fourth-order valence-corrected chi connectivity index (χ4v) is 3.21. The predicted octanol–water partition coefficient (Wildman–Crippen LogP) is 4.07. The summed E-state index contributed by atoms with van der Waals surface area (Å²) in [6.07, 6.45) is 4.33. The fourth-order valence-electron chi connectivity index (χ4n) is 3.21. The van der Waals surface area contributed by atoms with Crippen molar-refractivity contribution in [3.8, 4) is 0 Å². The molecule has 1 aromatic carbocycles. The molecule has 0 aromatic heterocycles. The van der Waals surface area contributed by atoms with Crippen LogP contribution in [0, 0.1) is 5.82 Å². The molecule has 0 aliphatic carbocycles. The highest BCUT2D eigenvalue weighted by atomic mass is 19.1. The van der Waals surface area contributed by atoms with E-state index in [-0.39, 0.29) is 11.9 Å². The lowest BCUT2D eigenvalue weighted by Crippen LogP contribution is -2.56. The molecule has 2 nitrogen and oxygen atoms in total. The zero-order valence-corrected chi connectivity index (χ0v) is 13.6. The van der Waals surface area contributed by atoms with Gasteiger partial charge in [0.2, 0.25) is 0 Å². The summed E-state index contributed by atoms with van der Waals surface area (Å²) in [6.45, 7) is 12.0. The number of rotatable bonds is 9. The molecule has 0 bridgehead atoms. The van der Waals surface area contributed by atoms with Crippen molar-refractivity contribution in [3.05, 3.63) is 48.3 Å². The van der Waals surface area contributed by atoms with Crippen LogP contribution < -0.4 is 5.73 Å². The van der Waals surface area contributed by atoms with E-state index in [9.17, 15) is 4.39 Å². The molecule has 0 radical (unpaired) electrons. The number of hydrogen-bond acceptors (Lipinski definition) is 2. The van der Waals surface area contributed by atoms with E-state index in [1.807, 2.05) is 12.1 Å². The second-order valence-electron chi connectivity index (χ2n) is 5.54. The molecule has 0 aliphatic rings. The molecule has 2 atom stereocenters. The SMILES string of the molecule is C=CCC(N)(c1ccccc1F)C(CCC)N(CC)CC. The molecule has 0 amide bonds. The average Bonchev–Trinajstić information content (AvgIpc) is 2.48. The third-order valence-corrected chi connectivity index (χ3v) is 4.27. The summed E-state index contributed by atoms with van der Waals surface area (Å²) in [5.74, 6) is -0.227. The van der Waals surface area contributed by atoms with E-state index in [0.29, 0.717) is 12.0 Å². The first-order chi connectivity index (χ1) is 10.0. The van der Waals surface area contributed by atoms with E-state index < -0.39 is 5.54 Å². The third-order valence-electron chi connectivity index (χ3n) is 4.27. The quantitative estimate of drug-likeness (QED) is 0.695. The van der Waals surface area contributed by atoms with Gasteiger partial charge >= 0.3 is 0 Å². The van der Waals surface area contributed by atoms with Gasteiger partial charge in [0.15, 0.2) is 0 Å². The van der Waals surface area contributed by atoms with Crippen molar-refractivity contribution in [2.45, 2.75) is 51.6 Å². The summed E-state index contributed by atoms with van der Waals surface area (Å²) < 4.78 is 14.3. The smallest absolute Gasteiger partial charge is 0.128 e. The summed E-state index contributed by atoms with van der Waals surface area (Å²) in [4.78, 5) is 2.33. The first-order valence-corrected chi connectivity index (χ1v) is 7.93. The van der Waals surface area contributed by atoms with Gasteiger partial charge in [0.25, 0.3) is 0 Å². The van der Waals surface area contributed by atoms with Gasteiger partial charge < -0.3 is 5.73 Å². The Labute approximate surface area is 128 Å². The van der Waals surface area contributed by atoms with Gasteiger partial charge in [-0.3, -0.25) is 4.90 Å². The molecule has 3 heteroatoms. The van der Waals surface area contributed by atoms with Crippen LogP contribution in [0.2, 0.25) is 0 Å². The summed E-state index contributed by atoms with van der Waals surface area (Å²) in [5, 5.41) is 0. The minimum absolute atomic E-state index is 0.104. The fraction of sp³-hybridized carbons (Fsp3) is 0.556. The molecule has 0 heterocycles. The molecule has 0 aliphatic heterocycles. The predicted molar refractivity (Wildman–Crippen MR) is 88.7 cm³/mol. The molecule has 2 unspecified atom stereocenters. The lowest BCUT2D eigenvalue weighted by atomic mass is 9.77. The van der Waals surface area contributed by atoms with Crippen molar-refractivity contribution >= 4 is 0 Å². The first-order valence-electron chi connectivity index (χ1n) is 7.93. The number of benzene rings is 1. The lowest BCUT2D eigenvalue weighted by molar-refractivity contribution is 0.118. The maximum atomic E-state index is 14.3. The Morgan fingerprint density at radius 3 is 2.38 bits per heavy atom.